The van der Waals surface area contributed by atoms with Gasteiger partial charge in [0.1, 0.15) is 0 Å². The van der Waals surface area contributed by atoms with E-state index in [9.17, 15) is 0 Å². The summed E-state index contributed by atoms with van der Waals surface area (Å²) in [4.78, 5) is 4.30. The molecule has 5 aromatic rings. The maximum absolute atomic E-state index is 7.16. The van der Waals surface area contributed by atoms with Gasteiger partial charge >= 0.3 is 0 Å². The smallest absolute Gasteiger partial charge is 0.232 e. The van der Waals surface area contributed by atoms with Crippen LogP contribution in [0.25, 0.3) is 38.2 Å². The number of pyridine rings is 1. The van der Waals surface area contributed by atoms with Gasteiger partial charge in [-0.25, -0.2) is 0 Å². The van der Waals surface area contributed by atoms with E-state index in [4.69, 9.17) is 10.5 Å². The average molecular weight is 630 g/mol. The molecule has 0 fully saturated rings. The molecule has 1 aromatic heterocycles. The van der Waals surface area contributed by atoms with Crippen molar-refractivity contribution in [1.29, 1.82) is 0 Å². The highest BCUT2D eigenvalue weighted by molar-refractivity contribution is 6.53. The maximum Gasteiger partial charge on any atom is 0.232 e. The van der Waals surface area contributed by atoms with E-state index in [0.717, 1.165) is 39.1 Å². The van der Waals surface area contributed by atoms with Crippen molar-refractivity contribution in [2.75, 3.05) is 5.43 Å². The second kappa shape index (κ2) is 12.0. The third-order valence-corrected chi connectivity index (χ3v) is 9.87. The predicted molar refractivity (Wildman–Crippen MR) is 204 cm³/mol. The first-order chi connectivity index (χ1) is 24.2. The number of hydrazone groups is 1. The van der Waals surface area contributed by atoms with Gasteiger partial charge in [-0.15, -0.1) is 0 Å². The van der Waals surface area contributed by atoms with Gasteiger partial charge < -0.3 is 0 Å². The van der Waals surface area contributed by atoms with Gasteiger partial charge in [-0.1, -0.05) is 115 Å². The highest BCUT2D eigenvalue weighted by atomic mass is 15.3. The summed E-state index contributed by atoms with van der Waals surface area (Å²) >= 11 is 0. The van der Waals surface area contributed by atoms with Crippen LogP contribution in [0.15, 0.2) is 198 Å². The van der Waals surface area contributed by atoms with E-state index < -0.39 is 0 Å². The summed E-state index contributed by atoms with van der Waals surface area (Å²) in [6.45, 7) is 0. The fraction of sp³-hybridized carbons (Fsp3) is 0.0444. The second-order valence-corrected chi connectivity index (χ2v) is 12.7. The minimum atomic E-state index is 0.236. The Bertz CT molecular complexity index is 2480. The van der Waals surface area contributed by atoms with Crippen LogP contribution in [-0.4, -0.2) is 16.4 Å². The number of nitrogens with zero attached hydrogens (tertiary/aromatic N) is 2. The molecule has 0 saturated heterocycles. The number of aromatic nitrogens is 1. The van der Waals surface area contributed by atoms with Crippen LogP contribution >= 0.6 is 0 Å². The molecule has 232 valence electrons. The molecule has 0 bridgehead atoms. The lowest BCUT2D eigenvalue weighted by Gasteiger charge is -2.34. The van der Waals surface area contributed by atoms with Gasteiger partial charge in [0.2, 0.25) is 5.71 Å². The molecule has 0 amide bonds. The highest BCUT2D eigenvalue weighted by Crippen LogP contribution is 2.44. The van der Waals surface area contributed by atoms with Crippen LogP contribution in [0, 0.1) is 11.8 Å². The molecule has 0 saturated carbocycles. The van der Waals surface area contributed by atoms with Crippen molar-refractivity contribution >= 4 is 44.2 Å². The van der Waals surface area contributed by atoms with Crippen LogP contribution in [0.1, 0.15) is 5.56 Å². The topological polar surface area (TPSA) is 62.9 Å². The molecule has 49 heavy (non-hydrogen) atoms. The van der Waals surface area contributed by atoms with Gasteiger partial charge in [-0.05, 0) is 97.5 Å². The van der Waals surface area contributed by atoms with E-state index in [1.165, 1.54) is 32.7 Å². The first-order valence-corrected chi connectivity index (χ1v) is 16.7. The summed E-state index contributed by atoms with van der Waals surface area (Å²) < 4.78 is 0. The van der Waals surface area contributed by atoms with Crippen molar-refractivity contribution in [2.24, 2.45) is 16.9 Å². The number of nitrogens with one attached hydrogen (secondary N) is 1. The summed E-state index contributed by atoms with van der Waals surface area (Å²) in [7, 11) is 0. The summed E-state index contributed by atoms with van der Waals surface area (Å²) in [6.07, 6.45) is 28.0. The van der Waals surface area contributed by atoms with E-state index in [0.29, 0.717) is 17.3 Å². The van der Waals surface area contributed by atoms with Crippen molar-refractivity contribution in [3.63, 3.8) is 0 Å². The molecule has 4 aliphatic rings. The van der Waals surface area contributed by atoms with Crippen LogP contribution in [0.4, 0.5) is 5.69 Å². The van der Waals surface area contributed by atoms with E-state index in [2.05, 4.69) is 150 Å². The molecule has 4 heteroatoms. The first kappa shape index (κ1) is 28.8. The van der Waals surface area contributed by atoms with Crippen molar-refractivity contribution < 1.29 is 5.41 Å². The number of fused-ring (bicyclic) bond motifs is 6. The zero-order chi connectivity index (χ0) is 32.7. The Kier molecular flexibility index (Phi) is 7.06. The van der Waals surface area contributed by atoms with E-state index >= 15 is 0 Å². The number of hydrogen-bond donors (Lipinski definition) is 2. The van der Waals surface area contributed by atoms with Gasteiger partial charge in [0, 0.05) is 29.8 Å². The number of rotatable bonds is 5. The van der Waals surface area contributed by atoms with E-state index in [1.807, 2.05) is 24.4 Å². The second-order valence-electron chi connectivity index (χ2n) is 12.7. The molecule has 1 heterocycles. The maximum atomic E-state index is 7.16. The number of benzene rings is 4. The number of hydrogen-bond acceptors (Lipinski definition) is 3. The molecule has 4 aromatic carbocycles. The SMILES string of the molecule is [NH2+]=C1C(C2=C3C=CC=CC3C3C=CC=CC3=C2)=CC(c2cc3ccccc3c3ccccc23)=C/C1=N/Nc1cccc(-c2cccnc2)c1. The van der Waals surface area contributed by atoms with Gasteiger partial charge in [0.05, 0.1) is 11.3 Å². The molecule has 0 radical (unpaired) electrons. The van der Waals surface area contributed by atoms with Gasteiger partial charge in [0.25, 0.3) is 0 Å². The fourth-order valence-electron chi connectivity index (χ4n) is 7.50. The Labute approximate surface area is 285 Å². The average Bonchev–Trinajstić information content (AvgIpc) is 3.17. The molecule has 0 spiro atoms. The molecule has 9 rings (SSSR count). The monoisotopic (exact) mass is 629 g/mol. The molecule has 4 aliphatic carbocycles. The highest BCUT2D eigenvalue weighted by Gasteiger charge is 2.35. The lowest BCUT2D eigenvalue weighted by Crippen LogP contribution is -2.47. The van der Waals surface area contributed by atoms with Gasteiger partial charge in [0.15, 0.2) is 5.71 Å². The van der Waals surface area contributed by atoms with Crippen LogP contribution in [0.3, 0.4) is 0 Å². The zero-order valence-corrected chi connectivity index (χ0v) is 26.8. The van der Waals surface area contributed by atoms with Crippen molar-refractivity contribution in [3.05, 3.63) is 198 Å². The summed E-state index contributed by atoms with van der Waals surface area (Å²) in [5.41, 5.74) is 14.5. The normalized spacial score (nSPS) is 20.3. The zero-order valence-electron chi connectivity index (χ0n) is 26.8. The minimum absolute atomic E-state index is 0.236. The Hall–Kier alpha value is -6.39. The third-order valence-electron chi connectivity index (χ3n) is 9.87. The Morgan fingerprint density at radius 3 is 2.35 bits per heavy atom. The van der Waals surface area contributed by atoms with Crippen LogP contribution in [0.2, 0.25) is 0 Å². The quantitative estimate of drug-likeness (QED) is 0.116. The van der Waals surface area contributed by atoms with E-state index in [-0.39, 0.29) is 5.92 Å². The lowest BCUT2D eigenvalue weighted by atomic mass is 9.69. The minimum Gasteiger partial charge on any atom is -0.278 e. The Morgan fingerprint density at radius 1 is 0.673 bits per heavy atom. The lowest BCUT2D eigenvalue weighted by molar-refractivity contribution is -0.109. The molecule has 0 aliphatic heterocycles. The summed E-state index contributed by atoms with van der Waals surface area (Å²) in [5, 5.41) is 17.0. The van der Waals surface area contributed by atoms with Gasteiger partial charge in [-0.2, -0.15) is 5.10 Å². The standard InChI is InChI=1S/C45H32N4/c46-45-43(42-25-31-12-2-4-17-36(31)38-19-6-8-21-40(38)42)26-33(41-24-30-11-1-3-16-35(30)37-18-5-7-20-39(37)41)27-44(45)49-48-34-15-9-13-29(23-34)32-14-10-22-47-28-32/h1-28,36,38,46,48H/p+1/b46-45?,49-44-. The number of allylic oxidation sites excluding steroid dienone is 16. The molecule has 2 unspecified atom stereocenters. The van der Waals surface area contributed by atoms with E-state index in [1.54, 1.807) is 6.20 Å². The largest absolute Gasteiger partial charge is 0.278 e. The summed E-state index contributed by atoms with van der Waals surface area (Å²) in [6, 6.07) is 31.8. The summed E-state index contributed by atoms with van der Waals surface area (Å²) in [5.74, 6) is 0.538. The Morgan fingerprint density at radius 2 is 1.47 bits per heavy atom. The van der Waals surface area contributed by atoms with Crippen LogP contribution in [-0.2, 0) is 0 Å². The molecule has 4 nitrogen and oxygen atoms in total. The third kappa shape index (κ3) is 5.15. The molecular weight excluding hydrogens is 597 g/mol. The Balaban J connectivity index is 1.21. The number of nitrogens with two attached hydrogens (primary N) is 1. The van der Waals surface area contributed by atoms with Crippen LogP contribution in [0.5, 0.6) is 0 Å². The van der Waals surface area contributed by atoms with Crippen molar-refractivity contribution in [1.82, 2.24) is 4.98 Å². The number of anilines is 1. The van der Waals surface area contributed by atoms with Crippen molar-refractivity contribution in [2.45, 2.75) is 0 Å². The molecular formula is C45H33N4+. The predicted octanol–water partition coefficient (Wildman–Crippen LogP) is 8.77. The van der Waals surface area contributed by atoms with Crippen LogP contribution < -0.4 is 10.8 Å². The van der Waals surface area contributed by atoms with Gasteiger partial charge in [-0.3, -0.25) is 15.8 Å². The molecule has 2 atom stereocenters. The first-order valence-electron chi connectivity index (χ1n) is 16.7. The van der Waals surface area contributed by atoms with Crippen molar-refractivity contribution in [3.8, 4) is 11.1 Å². The fourth-order valence-corrected chi connectivity index (χ4v) is 7.50. The molecule has 3 N–H and O–H groups in total.